The molecule has 0 radical (unpaired) electrons. The zero-order chi connectivity index (χ0) is 22.8. The van der Waals surface area contributed by atoms with E-state index in [2.05, 4.69) is 64.1 Å². The fraction of sp³-hybridized carbons (Fsp3) is 0.467. The van der Waals surface area contributed by atoms with E-state index in [1.165, 1.54) is 24.0 Å². The molecule has 2 aromatic carbocycles. The van der Waals surface area contributed by atoms with Gasteiger partial charge in [0, 0.05) is 0 Å². The Morgan fingerprint density at radius 2 is 1.06 bits per heavy atom. The smallest absolute Gasteiger partial charge is 0.119 e. The molecule has 4 rings (SSSR count). The highest BCUT2D eigenvalue weighted by molar-refractivity contribution is 5.43. The van der Waals surface area contributed by atoms with Crippen LogP contribution < -0.4 is 0 Å². The molecule has 0 spiro atoms. The molecule has 2 aromatic rings. The minimum atomic E-state index is 0.343. The molecule has 2 unspecified atom stereocenters. The summed E-state index contributed by atoms with van der Waals surface area (Å²) in [6.07, 6.45) is 11.8. The summed E-state index contributed by atoms with van der Waals surface area (Å²) in [6.45, 7) is 8.56. The number of phenolic OH excluding ortho intramolecular Hbond substituents is 2. The van der Waals surface area contributed by atoms with Gasteiger partial charge in [-0.05, 0) is 108 Å². The molecule has 2 N–H and O–H groups in total. The highest BCUT2D eigenvalue weighted by atomic mass is 16.3. The maximum Gasteiger partial charge on any atom is 0.119 e. The molecule has 170 valence electrons. The second-order valence-corrected chi connectivity index (χ2v) is 10.3. The zero-order valence-electron chi connectivity index (χ0n) is 20.1. The van der Waals surface area contributed by atoms with E-state index < -0.39 is 0 Å². The summed E-state index contributed by atoms with van der Waals surface area (Å²) < 4.78 is 0. The minimum absolute atomic E-state index is 0.343. The number of allylic oxidation sites excluding steroid dienone is 4. The normalized spacial score (nSPS) is 21.6. The molecule has 2 nitrogen and oxygen atoms in total. The minimum Gasteiger partial charge on any atom is -0.508 e. The highest BCUT2D eigenvalue weighted by Crippen LogP contribution is 2.42. The first-order chi connectivity index (χ1) is 15.3. The molecular weight excluding hydrogens is 392 g/mol. The fourth-order valence-corrected chi connectivity index (χ4v) is 5.44. The molecule has 0 amide bonds. The van der Waals surface area contributed by atoms with Crippen molar-refractivity contribution in [3.8, 4) is 11.5 Å². The van der Waals surface area contributed by atoms with Gasteiger partial charge in [0.05, 0.1) is 0 Å². The molecule has 0 aromatic heterocycles. The summed E-state index contributed by atoms with van der Waals surface area (Å²) in [5.41, 5.74) is 7.97. The summed E-state index contributed by atoms with van der Waals surface area (Å²) in [6, 6.07) is 12.4. The van der Waals surface area contributed by atoms with Gasteiger partial charge in [-0.15, -0.1) is 0 Å². The Labute approximate surface area is 193 Å². The second-order valence-electron chi connectivity index (χ2n) is 10.3. The first-order valence-electron chi connectivity index (χ1n) is 12.4. The Morgan fingerprint density at radius 1 is 0.656 bits per heavy atom. The fourth-order valence-electron chi connectivity index (χ4n) is 5.44. The molecule has 0 aliphatic heterocycles. The zero-order valence-corrected chi connectivity index (χ0v) is 20.1. The number of hydrogen-bond donors (Lipinski definition) is 2. The van der Waals surface area contributed by atoms with Gasteiger partial charge in [0.2, 0.25) is 0 Å². The van der Waals surface area contributed by atoms with E-state index in [0.29, 0.717) is 35.2 Å². The van der Waals surface area contributed by atoms with Crippen LogP contribution in [0.1, 0.15) is 112 Å². The summed E-state index contributed by atoms with van der Waals surface area (Å²) in [5, 5.41) is 20.3. The summed E-state index contributed by atoms with van der Waals surface area (Å²) in [7, 11) is 0. The van der Waals surface area contributed by atoms with Crippen molar-refractivity contribution in [1.82, 2.24) is 0 Å². The Morgan fingerprint density at radius 3 is 1.38 bits per heavy atom. The lowest BCUT2D eigenvalue weighted by Crippen LogP contribution is -2.10. The summed E-state index contributed by atoms with van der Waals surface area (Å²) in [4.78, 5) is 0. The van der Waals surface area contributed by atoms with Crippen molar-refractivity contribution in [2.24, 2.45) is 0 Å². The van der Waals surface area contributed by atoms with Gasteiger partial charge in [-0.1, -0.05) is 64.1 Å². The van der Waals surface area contributed by atoms with Crippen LogP contribution in [0.5, 0.6) is 11.5 Å². The Balaban J connectivity index is 1.42. The van der Waals surface area contributed by atoms with Crippen LogP contribution >= 0.6 is 0 Å². The molecule has 0 heterocycles. The third kappa shape index (κ3) is 4.80. The lowest BCUT2D eigenvalue weighted by molar-refractivity contribution is 0.463. The van der Waals surface area contributed by atoms with Crippen LogP contribution in [0.4, 0.5) is 0 Å². The van der Waals surface area contributed by atoms with Crippen molar-refractivity contribution in [2.75, 3.05) is 0 Å². The van der Waals surface area contributed by atoms with E-state index in [9.17, 15) is 10.2 Å². The van der Waals surface area contributed by atoms with Crippen LogP contribution in [0.25, 0.3) is 0 Å². The Hall–Kier alpha value is -2.48. The van der Waals surface area contributed by atoms with Crippen LogP contribution in [0.2, 0.25) is 0 Å². The molecule has 0 fully saturated rings. The van der Waals surface area contributed by atoms with Crippen molar-refractivity contribution < 1.29 is 10.2 Å². The van der Waals surface area contributed by atoms with Crippen molar-refractivity contribution in [1.29, 1.82) is 0 Å². The topological polar surface area (TPSA) is 40.5 Å². The maximum atomic E-state index is 10.1. The molecule has 0 saturated carbocycles. The number of phenols is 2. The SMILES string of the molecule is CC(C)c1cc(C2CC=C(C3=CCC(c4ccc(O)c(C(C)C)c4)CC3)CC2)ccc1O. The van der Waals surface area contributed by atoms with Gasteiger partial charge in [0.1, 0.15) is 11.5 Å². The van der Waals surface area contributed by atoms with Crippen molar-refractivity contribution in [3.63, 3.8) is 0 Å². The highest BCUT2D eigenvalue weighted by Gasteiger charge is 2.23. The van der Waals surface area contributed by atoms with Crippen LogP contribution in [-0.4, -0.2) is 10.2 Å². The third-order valence-corrected chi connectivity index (χ3v) is 7.52. The van der Waals surface area contributed by atoms with Crippen LogP contribution in [0, 0.1) is 0 Å². The second kappa shape index (κ2) is 9.57. The van der Waals surface area contributed by atoms with E-state index in [4.69, 9.17) is 0 Å². The van der Waals surface area contributed by atoms with E-state index in [1.807, 2.05) is 12.1 Å². The number of benzene rings is 2. The molecule has 2 aliphatic rings. The third-order valence-electron chi connectivity index (χ3n) is 7.52. The van der Waals surface area contributed by atoms with E-state index >= 15 is 0 Å². The van der Waals surface area contributed by atoms with Crippen molar-refractivity contribution in [2.45, 2.75) is 89.9 Å². The van der Waals surface area contributed by atoms with Crippen molar-refractivity contribution in [3.05, 3.63) is 82.0 Å². The maximum absolute atomic E-state index is 10.1. The molecule has 2 aliphatic carbocycles. The lowest BCUT2D eigenvalue weighted by atomic mass is 9.77. The number of rotatable bonds is 5. The molecule has 2 atom stereocenters. The Kier molecular flexibility index (Phi) is 6.79. The van der Waals surface area contributed by atoms with Crippen LogP contribution in [-0.2, 0) is 0 Å². The first-order valence-corrected chi connectivity index (χ1v) is 12.4. The van der Waals surface area contributed by atoms with Crippen molar-refractivity contribution >= 4 is 0 Å². The number of hydrogen-bond acceptors (Lipinski definition) is 2. The summed E-state index contributed by atoms with van der Waals surface area (Å²) in [5.74, 6) is 2.64. The van der Waals surface area contributed by atoms with Gasteiger partial charge in [-0.25, -0.2) is 0 Å². The van der Waals surface area contributed by atoms with E-state index in [1.54, 1.807) is 11.1 Å². The Bertz CT molecular complexity index is 942. The van der Waals surface area contributed by atoms with Gasteiger partial charge in [0.15, 0.2) is 0 Å². The molecular formula is C30H38O2. The summed E-state index contributed by atoms with van der Waals surface area (Å²) >= 11 is 0. The lowest BCUT2D eigenvalue weighted by Gasteiger charge is -2.28. The van der Waals surface area contributed by atoms with Crippen LogP contribution in [0.15, 0.2) is 59.7 Å². The van der Waals surface area contributed by atoms with Crippen LogP contribution in [0.3, 0.4) is 0 Å². The molecule has 0 saturated heterocycles. The van der Waals surface area contributed by atoms with E-state index in [-0.39, 0.29) is 0 Å². The standard InChI is InChI=1S/C30H38O2/c1-19(2)27-17-25(13-15-29(27)31)23-9-5-21(6-10-23)22-7-11-24(12-8-22)26-14-16-30(32)28(18-26)20(3)4/h5,7,13-20,23-24,31-32H,6,8-12H2,1-4H3. The van der Waals surface area contributed by atoms with Gasteiger partial charge in [0.25, 0.3) is 0 Å². The average molecular weight is 431 g/mol. The van der Waals surface area contributed by atoms with E-state index in [0.717, 1.165) is 36.8 Å². The predicted molar refractivity (Wildman–Crippen MR) is 134 cm³/mol. The monoisotopic (exact) mass is 430 g/mol. The van der Waals surface area contributed by atoms with Gasteiger partial charge in [-0.3, -0.25) is 0 Å². The largest absolute Gasteiger partial charge is 0.508 e. The molecule has 0 bridgehead atoms. The number of aromatic hydroxyl groups is 2. The van der Waals surface area contributed by atoms with Gasteiger partial charge in [-0.2, -0.15) is 0 Å². The quantitative estimate of drug-likeness (QED) is 0.499. The molecule has 32 heavy (non-hydrogen) atoms. The first kappa shape index (κ1) is 22.7. The van der Waals surface area contributed by atoms with Gasteiger partial charge >= 0.3 is 0 Å². The predicted octanol–water partition coefficient (Wildman–Crippen LogP) is 8.43. The average Bonchev–Trinajstić information content (AvgIpc) is 2.79. The van der Waals surface area contributed by atoms with Gasteiger partial charge < -0.3 is 10.2 Å². The molecule has 2 heteroatoms.